The van der Waals surface area contributed by atoms with Gasteiger partial charge in [0.2, 0.25) is 0 Å². The van der Waals surface area contributed by atoms with Gasteiger partial charge in [-0.15, -0.1) is 0 Å². The summed E-state index contributed by atoms with van der Waals surface area (Å²) in [6.45, 7) is 5.05. The quantitative estimate of drug-likeness (QED) is 0.750. The lowest BCUT2D eigenvalue weighted by Crippen LogP contribution is -2.37. The first-order valence-electron chi connectivity index (χ1n) is 8.85. The van der Waals surface area contributed by atoms with Gasteiger partial charge < -0.3 is 4.74 Å². The molecular weight excluding hydrogens is 294 g/mol. The molecule has 1 unspecified atom stereocenters. The SMILES string of the molecule is CCC1CC(c2ccc(COC)cc2)=CCN1Cc1ccccc1. The van der Waals surface area contributed by atoms with Crippen LogP contribution in [0.2, 0.25) is 0 Å². The second-order valence-corrected chi connectivity index (χ2v) is 6.54. The van der Waals surface area contributed by atoms with Crippen molar-refractivity contribution < 1.29 is 4.74 Å². The highest BCUT2D eigenvalue weighted by atomic mass is 16.5. The van der Waals surface area contributed by atoms with Crippen molar-refractivity contribution in [1.29, 1.82) is 0 Å². The first-order valence-corrected chi connectivity index (χ1v) is 8.85. The molecule has 1 aliphatic rings. The van der Waals surface area contributed by atoms with Gasteiger partial charge in [-0.25, -0.2) is 0 Å². The lowest BCUT2D eigenvalue weighted by atomic mass is 9.92. The highest BCUT2D eigenvalue weighted by molar-refractivity contribution is 5.67. The molecule has 0 fully saturated rings. The monoisotopic (exact) mass is 321 g/mol. The fourth-order valence-corrected chi connectivity index (χ4v) is 3.47. The summed E-state index contributed by atoms with van der Waals surface area (Å²) in [6, 6.07) is 20.2. The van der Waals surface area contributed by atoms with Crippen LogP contribution in [-0.2, 0) is 17.9 Å². The molecule has 0 N–H and O–H groups in total. The maximum Gasteiger partial charge on any atom is 0.0713 e. The Bertz CT molecular complexity index is 660. The zero-order valence-corrected chi connectivity index (χ0v) is 14.7. The van der Waals surface area contributed by atoms with Crippen molar-refractivity contribution in [3.63, 3.8) is 0 Å². The van der Waals surface area contributed by atoms with Crippen LogP contribution in [0.5, 0.6) is 0 Å². The predicted octanol–water partition coefficient (Wildman–Crippen LogP) is 4.90. The third kappa shape index (κ3) is 4.14. The lowest BCUT2D eigenvalue weighted by molar-refractivity contribution is 0.185. The molecule has 1 heterocycles. The minimum Gasteiger partial charge on any atom is -0.380 e. The molecule has 0 aromatic heterocycles. The summed E-state index contributed by atoms with van der Waals surface area (Å²) in [5.74, 6) is 0. The fraction of sp³-hybridized carbons (Fsp3) is 0.364. The smallest absolute Gasteiger partial charge is 0.0713 e. The Labute approximate surface area is 145 Å². The number of nitrogens with zero attached hydrogens (tertiary/aromatic N) is 1. The van der Waals surface area contributed by atoms with E-state index in [1.165, 1.54) is 28.7 Å². The van der Waals surface area contributed by atoms with Gasteiger partial charge in [0.05, 0.1) is 6.61 Å². The summed E-state index contributed by atoms with van der Waals surface area (Å²) in [5, 5.41) is 0. The average molecular weight is 321 g/mol. The summed E-state index contributed by atoms with van der Waals surface area (Å²) in [6.07, 6.45) is 4.72. The van der Waals surface area contributed by atoms with Crippen molar-refractivity contribution in [2.24, 2.45) is 0 Å². The van der Waals surface area contributed by atoms with Crippen LogP contribution in [-0.4, -0.2) is 24.6 Å². The largest absolute Gasteiger partial charge is 0.380 e. The first-order chi connectivity index (χ1) is 11.8. The van der Waals surface area contributed by atoms with Gasteiger partial charge in [0, 0.05) is 26.2 Å². The third-order valence-corrected chi connectivity index (χ3v) is 4.88. The molecule has 1 atom stereocenters. The Morgan fingerprint density at radius 1 is 1.00 bits per heavy atom. The molecule has 0 saturated heterocycles. The molecule has 0 radical (unpaired) electrons. The summed E-state index contributed by atoms with van der Waals surface area (Å²) in [4.78, 5) is 2.60. The van der Waals surface area contributed by atoms with Crippen molar-refractivity contribution in [2.75, 3.05) is 13.7 Å². The Morgan fingerprint density at radius 2 is 1.75 bits per heavy atom. The minimum atomic E-state index is 0.615. The highest BCUT2D eigenvalue weighted by Crippen LogP contribution is 2.29. The van der Waals surface area contributed by atoms with Crippen LogP contribution in [0.15, 0.2) is 60.7 Å². The van der Waals surface area contributed by atoms with Gasteiger partial charge in [0.1, 0.15) is 0 Å². The summed E-state index contributed by atoms with van der Waals surface area (Å²) in [7, 11) is 1.74. The molecule has 2 aromatic rings. The molecule has 0 amide bonds. The van der Waals surface area contributed by atoms with Gasteiger partial charge in [-0.3, -0.25) is 4.90 Å². The van der Waals surface area contributed by atoms with Crippen molar-refractivity contribution in [2.45, 2.75) is 39.0 Å². The zero-order valence-electron chi connectivity index (χ0n) is 14.7. The number of rotatable bonds is 6. The molecule has 1 aliphatic heterocycles. The van der Waals surface area contributed by atoms with Crippen LogP contribution in [0.4, 0.5) is 0 Å². The molecule has 0 saturated carbocycles. The Hall–Kier alpha value is -1.90. The number of ether oxygens (including phenoxy) is 1. The van der Waals surface area contributed by atoms with Gasteiger partial charge in [0.25, 0.3) is 0 Å². The van der Waals surface area contributed by atoms with E-state index in [4.69, 9.17) is 4.74 Å². The number of hydrogen-bond acceptors (Lipinski definition) is 2. The van der Waals surface area contributed by atoms with Crippen LogP contribution < -0.4 is 0 Å². The number of methoxy groups -OCH3 is 1. The maximum atomic E-state index is 5.20. The molecule has 2 aromatic carbocycles. The second-order valence-electron chi connectivity index (χ2n) is 6.54. The van der Waals surface area contributed by atoms with Crippen molar-refractivity contribution in [1.82, 2.24) is 4.90 Å². The Kier molecular flexibility index (Phi) is 5.84. The van der Waals surface area contributed by atoms with Gasteiger partial charge in [-0.2, -0.15) is 0 Å². The first kappa shape index (κ1) is 16.9. The van der Waals surface area contributed by atoms with Gasteiger partial charge in [0.15, 0.2) is 0 Å². The minimum absolute atomic E-state index is 0.615. The average Bonchev–Trinajstić information content (AvgIpc) is 2.64. The van der Waals surface area contributed by atoms with Crippen LogP contribution >= 0.6 is 0 Å². The number of hydrogen-bond donors (Lipinski definition) is 0. The van der Waals surface area contributed by atoms with Crippen molar-refractivity contribution in [3.8, 4) is 0 Å². The zero-order chi connectivity index (χ0) is 16.8. The standard InChI is InChI=1S/C22H27NO/c1-3-22-15-21(20-11-9-19(10-12-20)17-24-2)13-14-23(22)16-18-7-5-4-6-8-18/h4-13,22H,3,14-17H2,1-2H3. The highest BCUT2D eigenvalue weighted by Gasteiger charge is 2.22. The molecule has 2 heteroatoms. The van der Waals surface area contributed by atoms with Crippen molar-refractivity contribution in [3.05, 3.63) is 77.4 Å². The van der Waals surface area contributed by atoms with E-state index in [0.717, 1.165) is 19.5 Å². The van der Waals surface area contributed by atoms with E-state index in [0.29, 0.717) is 12.6 Å². The van der Waals surface area contributed by atoms with Crippen LogP contribution in [0.1, 0.15) is 36.5 Å². The summed E-state index contributed by atoms with van der Waals surface area (Å²) < 4.78 is 5.20. The van der Waals surface area contributed by atoms with Crippen LogP contribution in [0.3, 0.4) is 0 Å². The topological polar surface area (TPSA) is 12.5 Å². The lowest BCUT2D eigenvalue weighted by Gasteiger charge is -2.35. The molecule has 126 valence electrons. The molecule has 2 nitrogen and oxygen atoms in total. The molecular formula is C22H27NO. The van der Waals surface area contributed by atoms with E-state index in [1.54, 1.807) is 7.11 Å². The summed E-state index contributed by atoms with van der Waals surface area (Å²) in [5.41, 5.74) is 5.47. The van der Waals surface area contributed by atoms with E-state index in [2.05, 4.69) is 72.5 Å². The molecule has 0 aliphatic carbocycles. The molecule has 0 spiro atoms. The van der Waals surface area contributed by atoms with E-state index in [9.17, 15) is 0 Å². The van der Waals surface area contributed by atoms with Gasteiger partial charge >= 0.3 is 0 Å². The predicted molar refractivity (Wildman–Crippen MR) is 101 cm³/mol. The van der Waals surface area contributed by atoms with Crippen LogP contribution in [0.25, 0.3) is 5.57 Å². The Balaban J connectivity index is 1.71. The molecule has 0 bridgehead atoms. The maximum absolute atomic E-state index is 5.20. The third-order valence-electron chi connectivity index (χ3n) is 4.88. The second kappa shape index (κ2) is 8.27. The Morgan fingerprint density at radius 3 is 2.42 bits per heavy atom. The number of benzene rings is 2. The fourth-order valence-electron chi connectivity index (χ4n) is 3.47. The van der Waals surface area contributed by atoms with Gasteiger partial charge in [-0.1, -0.05) is 67.6 Å². The molecule has 24 heavy (non-hydrogen) atoms. The van der Waals surface area contributed by atoms with Crippen LogP contribution in [0, 0.1) is 0 Å². The van der Waals surface area contributed by atoms with E-state index in [1.807, 2.05) is 0 Å². The van der Waals surface area contributed by atoms with E-state index in [-0.39, 0.29) is 0 Å². The van der Waals surface area contributed by atoms with Crippen molar-refractivity contribution >= 4 is 5.57 Å². The van der Waals surface area contributed by atoms with E-state index < -0.39 is 0 Å². The van der Waals surface area contributed by atoms with Gasteiger partial charge in [-0.05, 0) is 35.1 Å². The summed E-state index contributed by atoms with van der Waals surface area (Å²) >= 11 is 0. The molecule has 3 rings (SSSR count). The van der Waals surface area contributed by atoms with E-state index >= 15 is 0 Å². The normalized spacial score (nSPS) is 18.4.